The lowest BCUT2D eigenvalue weighted by atomic mass is 9.92. The second-order valence-corrected chi connectivity index (χ2v) is 12.5. The molecule has 0 saturated heterocycles. The van der Waals surface area contributed by atoms with Crippen molar-refractivity contribution in [2.75, 3.05) is 11.9 Å². The monoisotopic (exact) mass is 597 g/mol. The minimum Gasteiger partial charge on any atom is -0.463 e. The Morgan fingerprint density at radius 2 is 1.57 bits per heavy atom. The Morgan fingerprint density at radius 3 is 2.14 bits per heavy atom. The Kier molecular flexibility index (Phi) is 13.1. The molecule has 2 heterocycles. The van der Waals surface area contributed by atoms with E-state index in [0.29, 0.717) is 28.8 Å². The lowest BCUT2D eigenvalue weighted by Gasteiger charge is -2.14. The maximum absolute atomic E-state index is 12.4. The Labute approximate surface area is 255 Å². The van der Waals surface area contributed by atoms with Gasteiger partial charge in [0.1, 0.15) is 5.02 Å². The van der Waals surface area contributed by atoms with Crippen LogP contribution < -0.4 is 5.32 Å². The van der Waals surface area contributed by atoms with Crippen LogP contribution in [0, 0.1) is 6.92 Å². The fraction of sp³-hybridized carbons (Fsp3) is 0.576. The fourth-order valence-corrected chi connectivity index (χ4v) is 5.34. The van der Waals surface area contributed by atoms with Crippen LogP contribution in [0.25, 0.3) is 17.0 Å². The SMILES string of the molecule is CCCCCCCCCCCCCCOC(=O)C=CC(=O)Nc1ccc(-c2nn3nc(C(C)(C)C)c(Cl)c3[nH]2)c(C)c1. The van der Waals surface area contributed by atoms with E-state index in [2.05, 4.69) is 48.2 Å². The van der Waals surface area contributed by atoms with Gasteiger partial charge in [-0.3, -0.25) is 4.79 Å². The van der Waals surface area contributed by atoms with Crippen molar-refractivity contribution in [3.63, 3.8) is 0 Å². The van der Waals surface area contributed by atoms with Crippen molar-refractivity contribution in [3.8, 4) is 11.4 Å². The van der Waals surface area contributed by atoms with Gasteiger partial charge in [-0.15, -0.1) is 9.73 Å². The molecule has 0 unspecified atom stereocenters. The van der Waals surface area contributed by atoms with Crippen LogP contribution >= 0.6 is 11.6 Å². The molecule has 1 amide bonds. The lowest BCUT2D eigenvalue weighted by molar-refractivity contribution is -0.138. The summed E-state index contributed by atoms with van der Waals surface area (Å²) in [5, 5.41) is 12.4. The first-order valence-electron chi connectivity index (χ1n) is 15.5. The van der Waals surface area contributed by atoms with E-state index in [1.165, 1.54) is 81.0 Å². The summed E-state index contributed by atoms with van der Waals surface area (Å²) in [7, 11) is 0. The Balaban J connectivity index is 1.35. The average molecular weight is 598 g/mol. The first kappa shape index (κ1) is 33.4. The number of nitrogens with one attached hydrogen (secondary N) is 2. The van der Waals surface area contributed by atoms with Crippen molar-refractivity contribution >= 4 is 34.8 Å². The molecule has 2 aromatic heterocycles. The molecule has 0 aliphatic rings. The van der Waals surface area contributed by atoms with Gasteiger partial charge in [-0.25, -0.2) is 4.79 Å². The van der Waals surface area contributed by atoms with Gasteiger partial charge in [0.05, 0.1) is 12.3 Å². The number of carbonyl (C=O) groups is 2. The summed E-state index contributed by atoms with van der Waals surface area (Å²) in [6.45, 7) is 10.7. The van der Waals surface area contributed by atoms with Gasteiger partial charge in [-0.05, 0) is 37.1 Å². The zero-order valence-corrected chi connectivity index (χ0v) is 26.8. The molecule has 9 heteroatoms. The topological polar surface area (TPSA) is 101 Å². The van der Waals surface area contributed by atoms with Crippen molar-refractivity contribution in [2.24, 2.45) is 0 Å². The highest BCUT2D eigenvalue weighted by Crippen LogP contribution is 2.32. The normalized spacial score (nSPS) is 12.0. The molecule has 230 valence electrons. The van der Waals surface area contributed by atoms with Gasteiger partial charge in [0.15, 0.2) is 11.5 Å². The van der Waals surface area contributed by atoms with Crippen LogP contribution in [0.5, 0.6) is 0 Å². The van der Waals surface area contributed by atoms with Crippen LogP contribution in [-0.4, -0.2) is 38.3 Å². The molecular weight excluding hydrogens is 550 g/mol. The summed E-state index contributed by atoms with van der Waals surface area (Å²) in [5.74, 6) is -0.274. The van der Waals surface area contributed by atoms with E-state index in [4.69, 9.17) is 16.3 Å². The molecule has 1 aromatic carbocycles. The first-order chi connectivity index (χ1) is 20.1. The number of rotatable bonds is 17. The van der Waals surface area contributed by atoms with Gasteiger partial charge < -0.3 is 15.0 Å². The van der Waals surface area contributed by atoms with E-state index < -0.39 is 11.9 Å². The van der Waals surface area contributed by atoms with E-state index in [0.717, 1.165) is 29.7 Å². The Hall–Kier alpha value is -3.13. The molecule has 0 spiro atoms. The number of unbranched alkanes of at least 4 members (excludes halogenated alkanes) is 11. The number of fused-ring (bicyclic) bond motifs is 1. The maximum Gasteiger partial charge on any atom is 0.330 e. The van der Waals surface area contributed by atoms with Gasteiger partial charge in [0.2, 0.25) is 5.91 Å². The van der Waals surface area contributed by atoms with Gasteiger partial charge in [0.25, 0.3) is 0 Å². The lowest BCUT2D eigenvalue weighted by Crippen LogP contribution is -2.13. The molecule has 0 fully saturated rings. The maximum atomic E-state index is 12.4. The zero-order chi connectivity index (χ0) is 30.5. The molecule has 8 nitrogen and oxygen atoms in total. The smallest absolute Gasteiger partial charge is 0.330 e. The van der Waals surface area contributed by atoms with Gasteiger partial charge in [0, 0.05) is 28.8 Å². The average Bonchev–Trinajstić information content (AvgIpc) is 3.49. The molecule has 3 rings (SSSR count). The number of anilines is 1. The highest BCUT2D eigenvalue weighted by Gasteiger charge is 2.25. The number of amides is 1. The molecule has 0 aliphatic heterocycles. The van der Waals surface area contributed by atoms with Crippen molar-refractivity contribution in [2.45, 2.75) is 117 Å². The van der Waals surface area contributed by atoms with Gasteiger partial charge in [-0.2, -0.15) is 5.10 Å². The van der Waals surface area contributed by atoms with Crippen molar-refractivity contribution in [3.05, 3.63) is 46.6 Å². The summed E-state index contributed by atoms with van der Waals surface area (Å²) >= 11 is 6.56. The predicted molar refractivity (Wildman–Crippen MR) is 171 cm³/mol. The zero-order valence-electron chi connectivity index (χ0n) is 26.0. The third kappa shape index (κ3) is 10.3. The second kappa shape index (κ2) is 16.5. The number of nitrogens with zero attached hydrogens (tertiary/aromatic N) is 3. The molecule has 42 heavy (non-hydrogen) atoms. The third-order valence-electron chi connectivity index (χ3n) is 7.31. The summed E-state index contributed by atoms with van der Waals surface area (Å²) in [6.07, 6.45) is 17.4. The van der Waals surface area contributed by atoms with Crippen LogP contribution in [0.1, 0.15) is 116 Å². The number of aromatic amines is 1. The van der Waals surface area contributed by atoms with E-state index in [9.17, 15) is 9.59 Å². The van der Waals surface area contributed by atoms with Crippen LogP contribution in [0.2, 0.25) is 5.02 Å². The second-order valence-electron chi connectivity index (χ2n) is 12.1. The van der Waals surface area contributed by atoms with Gasteiger partial charge >= 0.3 is 5.97 Å². The van der Waals surface area contributed by atoms with Crippen LogP contribution in [0.4, 0.5) is 5.69 Å². The van der Waals surface area contributed by atoms with Crippen LogP contribution in [0.15, 0.2) is 30.4 Å². The van der Waals surface area contributed by atoms with E-state index in [1.807, 2.05) is 19.1 Å². The molecule has 2 N–H and O–H groups in total. The van der Waals surface area contributed by atoms with Crippen molar-refractivity contribution in [1.82, 2.24) is 19.8 Å². The predicted octanol–water partition coefficient (Wildman–Crippen LogP) is 8.72. The van der Waals surface area contributed by atoms with Crippen molar-refractivity contribution < 1.29 is 14.3 Å². The third-order valence-corrected chi connectivity index (χ3v) is 7.67. The Morgan fingerprint density at radius 1 is 0.952 bits per heavy atom. The van der Waals surface area contributed by atoms with Crippen molar-refractivity contribution in [1.29, 1.82) is 0 Å². The first-order valence-corrected chi connectivity index (χ1v) is 15.9. The highest BCUT2D eigenvalue weighted by molar-refractivity contribution is 6.34. The number of hydrogen-bond acceptors (Lipinski definition) is 5. The number of H-pyrrole nitrogens is 1. The minimum absolute atomic E-state index is 0.196. The van der Waals surface area contributed by atoms with E-state index in [-0.39, 0.29) is 5.41 Å². The number of ether oxygens (including phenoxy) is 1. The van der Waals surface area contributed by atoms with Gasteiger partial charge in [-0.1, -0.05) is 110 Å². The van der Waals surface area contributed by atoms with E-state index in [1.54, 1.807) is 6.07 Å². The summed E-state index contributed by atoms with van der Waals surface area (Å²) < 4.78 is 6.76. The molecule has 0 bridgehead atoms. The number of hydrogen-bond donors (Lipinski definition) is 2. The quantitative estimate of drug-likeness (QED) is 0.0920. The number of benzene rings is 1. The molecule has 0 radical (unpaired) electrons. The minimum atomic E-state index is -0.504. The summed E-state index contributed by atoms with van der Waals surface area (Å²) in [5.41, 5.74) is 3.61. The fourth-order valence-electron chi connectivity index (χ4n) is 4.90. The standard InChI is InChI=1S/C33H48ClN5O3/c1-6-7-8-9-10-11-12-13-14-15-16-17-22-42-28(41)21-20-27(40)35-25-18-19-26(24(2)23-25)31-36-32-29(34)30(33(3,4)5)37-39(32)38-31/h18-21,23H,6-17,22H2,1-5H3,(H,35,40)(H,36,38). The number of halogens is 1. The largest absolute Gasteiger partial charge is 0.463 e. The molecule has 0 atom stereocenters. The molecule has 0 saturated carbocycles. The number of aromatic nitrogens is 4. The molecule has 3 aromatic rings. The summed E-state index contributed by atoms with van der Waals surface area (Å²) in [4.78, 5) is 27.6. The highest BCUT2D eigenvalue weighted by atomic mass is 35.5. The Bertz CT molecular complexity index is 1340. The number of aryl methyl sites for hydroxylation is 1. The molecular formula is C33H48ClN5O3. The van der Waals surface area contributed by atoms with Crippen LogP contribution in [-0.2, 0) is 19.7 Å². The van der Waals surface area contributed by atoms with Crippen LogP contribution in [0.3, 0.4) is 0 Å². The van der Waals surface area contributed by atoms with E-state index >= 15 is 0 Å². The number of carbonyl (C=O) groups excluding carboxylic acids is 2. The summed E-state index contributed by atoms with van der Waals surface area (Å²) in [6, 6.07) is 5.50. The number of esters is 1. The molecule has 0 aliphatic carbocycles.